The number of thioether (sulfide) groups is 1. The van der Waals surface area contributed by atoms with Crippen molar-refractivity contribution >= 4 is 46.3 Å². The summed E-state index contributed by atoms with van der Waals surface area (Å²) in [6.07, 6.45) is -1.47. The first-order chi connectivity index (χ1) is 15.0. The Morgan fingerprint density at radius 2 is 1.94 bits per heavy atom. The summed E-state index contributed by atoms with van der Waals surface area (Å²) in [5.41, 5.74) is -1.21. The van der Waals surface area contributed by atoms with Crippen LogP contribution in [0.5, 0.6) is 0 Å². The van der Waals surface area contributed by atoms with Gasteiger partial charge in [0.1, 0.15) is 21.7 Å². The summed E-state index contributed by atoms with van der Waals surface area (Å²) < 4.78 is 58.3. The minimum absolute atomic E-state index is 0.0233. The average molecular weight is 487 g/mol. The molecule has 3 rings (SSSR count). The number of benzene rings is 1. The van der Waals surface area contributed by atoms with Crippen LogP contribution in [0.3, 0.4) is 0 Å². The van der Waals surface area contributed by atoms with Gasteiger partial charge >= 0.3 is 12.1 Å². The number of aliphatic carboxylic acids is 1. The number of thiocarbonyl (C=S) groups is 1. The highest BCUT2D eigenvalue weighted by Gasteiger charge is 2.33. The van der Waals surface area contributed by atoms with Crippen molar-refractivity contribution in [3.63, 3.8) is 0 Å². The number of hydrogen-bond acceptors (Lipinski definition) is 5. The summed E-state index contributed by atoms with van der Waals surface area (Å²) in [5.74, 6) is -2.02. The molecule has 0 bridgehead atoms. The number of carboxylic acids is 1. The van der Waals surface area contributed by atoms with E-state index in [1.54, 1.807) is 0 Å². The van der Waals surface area contributed by atoms with Crippen molar-refractivity contribution in [2.75, 3.05) is 6.54 Å². The Morgan fingerprint density at radius 1 is 1.19 bits per heavy atom. The lowest BCUT2D eigenvalue weighted by molar-refractivity contribution is -0.138. The van der Waals surface area contributed by atoms with Crippen LogP contribution < -0.4 is 0 Å². The lowest BCUT2D eigenvalue weighted by Gasteiger charge is -2.13. The summed E-state index contributed by atoms with van der Waals surface area (Å²) in [7, 11) is 0. The third kappa shape index (κ3) is 5.98. The summed E-state index contributed by atoms with van der Waals surface area (Å²) in [5, 5.41) is 8.65. The molecule has 0 saturated carbocycles. The van der Waals surface area contributed by atoms with Gasteiger partial charge in [0.25, 0.3) is 5.91 Å². The normalized spacial score (nSPS) is 15.8. The van der Waals surface area contributed by atoms with Gasteiger partial charge in [-0.2, -0.15) is 13.2 Å². The molecule has 2 aromatic rings. The van der Waals surface area contributed by atoms with E-state index in [4.69, 9.17) is 21.7 Å². The van der Waals surface area contributed by atoms with Crippen LogP contribution in [0, 0.1) is 5.82 Å². The fraction of sp³-hybridized carbons (Fsp3) is 0.286. The predicted octanol–water partition coefficient (Wildman–Crippen LogP) is 5.95. The highest BCUT2D eigenvalue weighted by atomic mass is 32.2. The lowest BCUT2D eigenvalue weighted by Crippen LogP contribution is -2.29. The second-order valence-corrected chi connectivity index (χ2v) is 8.64. The Morgan fingerprint density at radius 3 is 2.62 bits per heavy atom. The van der Waals surface area contributed by atoms with Gasteiger partial charge in [-0.1, -0.05) is 30.4 Å². The number of halogens is 4. The van der Waals surface area contributed by atoms with E-state index >= 15 is 0 Å². The van der Waals surface area contributed by atoms with Crippen molar-refractivity contribution in [3.8, 4) is 11.3 Å². The standard InChI is InChI=1S/C21H17F4NO4S2/c22-14-9-12(8-13(10-14)21(23,24)25)16-6-5-15(30-16)11-17-19(29)26(20(31)32-17)7-3-1-2-4-18(27)28/h5-6,8-11H,1-4,7H2,(H,27,28)/b17-11-. The van der Waals surface area contributed by atoms with E-state index in [1.165, 1.54) is 23.1 Å². The monoisotopic (exact) mass is 487 g/mol. The molecular weight excluding hydrogens is 470 g/mol. The van der Waals surface area contributed by atoms with Crippen LogP contribution in [0.15, 0.2) is 39.7 Å². The molecule has 32 heavy (non-hydrogen) atoms. The number of nitrogens with zero attached hydrogens (tertiary/aromatic N) is 1. The van der Waals surface area contributed by atoms with E-state index in [0.717, 1.165) is 23.9 Å². The van der Waals surface area contributed by atoms with Crippen molar-refractivity contribution < 1.29 is 36.7 Å². The Kier molecular flexibility index (Phi) is 7.40. The van der Waals surface area contributed by atoms with Gasteiger partial charge in [0.2, 0.25) is 0 Å². The van der Waals surface area contributed by atoms with E-state index in [1.807, 2.05) is 0 Å². The second-order valence-electron chi connectivity index (χ2n) is 6.97. The molecule has 5 nitrogen and oxygen atoms in total. The molecular formula is C21H17F4NO4S2. The van der Waals surface area contributed by atoms with Crippen molar-refractivity contribution in [1.29, 1.82) is 0 Å². The maximum atomic E-state index is 13.7. The quantitative estimate of drug-likeness (QED) is 0.215. The molecule has 170 valence electrons. The van der Waals surface area contributed by atoms with Crippen LogP contribution >= 0.6 is 24.0 Å². The third-order valence-corrected chi connectivity index (χ3v) is 5.93. The molecule has 1 aliphatic heterocycles. The molecule has 0 unspecified atom stereocenters. The zero-order valence-electron chi connectivity index (χ0n) is 16.4. The highest BCUT2D eigenvalue weighted by Crippen LogP contribution is 2.36. The summed E-state index contributed by atoms with van der Waals surface area (Å²) >= 11 is 6.29. The number of amides is 1. The van der Waals surface area contributed by atoms with Crippen LogP contribution in [0.4, 0.5) is 17.6 Å². The molecule has 1 saturated heterocycles. The Labute approximate surface area is 190 Å². The van der Waals surface area contributed by atoms with Crippen LogP contribution in [0.1, 0.15) is 37.0 Å². The lowest BCUT2D eigenvalue weighted by atomic mass is 10.1. The summed E-state index contributed by atoms with van der Waals surface area (Å²) in [6.45, 7) is 0.356. The van der Waals surface area contributed by atoms with E-state index in [-0.39, 0.29) is 34.3 Å². The number of unbranched alkanes of at least 4 members (excludes halogenated alkanes) is 2. The van der Waals surface area contributed by atoms with Gasteiger partial charge in [-0.15, -0.1) is 0 Å². The largest absolute Gasteiger partial charge is 0.481 e. The van der Waals surface area contributed by atoms with E-state index in [0.29, 0.717) is 36.2 Å². The van der Waals surface area contributed by atoms with Crippen LogP contribution in [0.2, 0.25) is 0 Å². The minimum atomic E-state index is -4.70. The molecule has 1 amide bonds. The molecule has 0 atom stereocenters. The Balaban J connectivity index is 1.70. The SMILES string of the molecule is O=C(O)CCCCCN1C(=O)/C(=C/c2ccc(-c3cc(F)cc(C(F)(F)F)c3)o2)SC1=S. The Hall–Kier alpha value is -2.66. The van der Waals surface area contributed by atoms with Gasteiger partial charge < -0.3 is 9.52 Å². The minimum Gasteiger partial charge on any atom is -0.481 e. The molecule has 0 spiro atoms. The highest BCUT2D eigenvalue weighted by molar-refractivity contribution is 8.26. The van der Waals surface area contributed by atoms with Crippen LogP contribution in [-0.4, -0.2) is 32.7 Å². The van der Waals surface area contributed by atoms with Crippen molar-refractivity contribution in [2.24, 2.45) is 0 Å². The smallest absolute Gasteiger partial charge is 0.416 e. The molecule has 1 N–H and O–H groups in total. The van der Waals surface area contributed by atoms with E-state index < -0.39 is 23.5 Å². The molecule has 2 heterocycles. The van der Waals surface area contributed by atoms with Crippen molar-refractivity contribution in [2.45, 2.75) is 31.9 Å². The first-order valence-corrected chi connectivity index (χ1v) is 10.7. The van der Waals surface area contributed by atoms with Gasteiger partial charge in [-0.3, -0.25) is 14.5 Å². The maximum absolute atomic E-state index is 13.7. The molecule has 0 radical (unpaired) electrons. The number of carboxylic acid groups (broad SMARTS) is 1. The second kappa shape index (κ2) is 9.86. The molecule has 1 aliphatic rings. The predicted molar refractivity (Wildman–Crippen MR) is 115 cm³/mol. The Bertz CT molecular complexity index is 1080. The number of rotatable bonds is 8. The fourth-order valence-electron chi connectivity index (χ4n) is 3.03. The zero-order chi connectivity index (χ0) is 23.5. The molecule has 11 heteroatoms. The number of furan rings is 1. The number of carbonyl (C=O) groups is 2. The van der Waals surface area contributed by atoms with Crippen molar-refractivity contribution in [3.05, 3.63) is 52.4 Å². The average Bonchev–Trinajstić information content (AvgIpc) is 3.26. The first kappa shape index (κ1) is 24.0. The molecule has 1 aromatic heterocycles. The number of alkyl halides is 3. The van der Waals surface area contributed by atoms with Crippen molar-refractivity contribution in [1.82, 2.24) is 4.90 Å². The third-order valence-electron chi connectivity index (χ3n) is 4.56. The number of hydrogen-bond donors (Lipinski definition) is 1. The zero-order valence-corrected chi connectivity index (χ0v) is 18.1. The van der Waals surface area contributed by atoms with E-state index in [2.05, 4.69) is 0 Å². The van der Waals surface area contributed by atoms with Gasteiger partial charge in [0.05, 0.1) is 10.5 Å². The summed E-state index contributed by atoms with van der Waals surface area (Å²) in [4.78, 5) is 24.8. The van der Waals surface area contributed by atoms with E-state index in [9.17, 15) is 27.2 Å². The van der Waals surface area contributed by atoms with Gasteiger partial charge in [0, 0.05) is 24.6 Å². The van der Waals surface area contributed by atoms with Gasteiger partial charge in [-0.05, 0) is 43.2 Å². The molecule has 0 aliphatic carbocycles. The van der Waals surface area contributed by atoms with Gasteiger partial charge in [0.15, 0.2) is 0 Å². The first-order valence-electron chi connectivity index (χ1n) is 9.50. The number of carbonyl (C=O) groups excluding carboxylic acids is 1. The fourth-order valence-corrected chi connectivity index (χ4v) is 4.31. The molecule has 1 aromatic carbocycles. The summed E-state index contributed by atoms with van der Waals surface area (Å²) in [6, 6.07) is 4.98. The topological polar surface area (TPSA) is 70.8 Å². The van der Waals surface area contributed by atoms with Crippen LogP contribution in [0.25, 0.3) is 17.4 Å². The van der Waals surface area contributed by atoms with Crippen LogP contribution in [-0.2, 0) is 15.8 Å². The maximum Gasteiger partial charge on any atom is 0.416 e. The van der Waals surface area contributed by atoms with Gasteiger partial charge in [-0.25, -0.2) is 4.39 Å². The molecule has 1 fully saturated rings.